The zero-order valence-corrected chi connectivity index (χ0v) is 9.09. The van der Waals surface area contributed by atoms with E-state index in [2.05, 4.69) is 0 Å². The van der Waals surface area contributed by atoms with Crippen molar-refractivity contribution in [2.24, 2.45) is 0 Å². The van der Waals surface area contributed by atoms with Crippen LogP contribution in [0.25, 0.3) is 0 Å². The molecule has 2 unspecified atom stereocenters. The third kappa shape index (κ3) is 13.8. The molecule has 0 fully saturated rings. The molecule has 0 saturated carbocycles. The lowest BCUT2D eigenvalue weighted by atomic mass is 10.4. The maximum Gasteiger partial charge on any atom is 0.488 e. The van der Waals surface area contributed by atoms with Gasteiger partial charge in [-0.2, -0.15) is 0 Å². The van der Waals surface area contributed by atoms with Gasteiger partial charge < -0.3 is 29.0 Å². The van der Waals surface area contributed by atoms with Gasteiger partial charge in [-0.15, -0.1) is 0 Å². The van der Waals surface area contributed by atoms with Crippen LogP contribution in [0.2, 0.25) is 0 Å². The van der Waals surface area contributed by atoms with Gasteiger partial charge in [0.25, 0.3) is 0 Å². The largest absolute Gasteiger partial charge is 0.488 e. The fourth-order valence-electron chi connectivity index (χ4n) is 0.678. The van der Waals surface area contributed by atoms with Gasteiger partial charge in [0.2, 0.25) is 0 Å². The molecule has 89 valence electrons. The van der Waals surface area contributed by atoms with E-state index in [4.69, 9.17) is 29.0 Å². The lowest BCUT2D eigenvalue weighted by Crippen LogP contribution is -2.17. The van der Waals surface area contributed by atoms with Crippen molar-refractivity contribution in [2.75, 3.05) is 26.4 Å². The van der Waals surface area contributed by atoms with Crippen LogP contribution >= 0.6 is 0 Å². The first-order valence-corrected chi connectivity index (χ1v) is 4.77. The maximum absolute atomic E-state index is 8.72. The number of hydrogen-bond donors (Lipinski definition) is 2. The molecular formula is C8H18BO6. The highest BCUT2D eigenvalue weighted by atomic mass is 16.6. The van der Waals surface area contributed by atoms with Crippen molar-refractivity contribution in [1.29, 1.82) is 0 Å². The summed E-state index contributed by atoms with van der Waals surface area (Å²) in [7, 11) is 1.18. The normalized spacial score (nSPS) is 14.9. The van der Waals surface area contributed by atoms with Gasteiger partial charge >= 0.3 is 7.69 Å². The summed E-state index contributed by atoms with van der Waals surface area (Å²) >= 11 is 0. The summed E-state index contributed by atoms with van der Waals surface area (Å²) in [5.41, 5.74) is 0. The van der Waals surface area contributed by atoms with E-state index in [1.807, 2.05) is 0 Å². The summed E-state index contributed by atoms with van der Waals surface area (Å²) in [5, 5.41) is 17.4. The Labute approximate surface area is 90.4 Å². The van der Waals surface area contributed by atoms with Crippen molar-refractivity contribution in [1.82, 2.24) is 0 Å². The van der Waals surface area contributed by atoms with Gasteiger partial charge in [-0.25, -0.2) is 0 Å². The highest BCUT2D eigenvalue weighted by molar-refractivity contribution is 6.17. The Morgan fingerprint density at radius 1 is 0.867 bits per heavy atom. The Morgan fingerprint density at radius 3 is 1.60 bits per heavy atom. The smallest absolute Gasteiger partial charge is 0.411 e. The number of aliphatic hydroxyl groups excluding tert-OH is 2. The highest BCUT2D eigenvalue weighted by Gasteiger charge is 1.98. The van der Waals surface area contributed by atoms with Crippen LogP contribution in [0.1, 0.15) is 13.8 Å². The molecule has 0 heterocycles. The molecule has 6 nitrogen and oxygen atoms in total. The Kier molecular flexibility index (Phi) is 10.2. The van der Waals surface area contributed by atoms with E-state index in [-0.39, 0.29) is 0 Å². The van der Waals surface area contributed by atoms with Crippen LogP contribution in [0, 0.1) is 0 Å². The zero-order valence-electron chi connectivity index (χ0n) is 9.09. The standard InChI is InChI=1S/C8H18BO6/c1-7(10)12-3-5-14-9-15-6-4-13-8(2)11/h7-8,10-11H,3-6H2,1-2H3. The molecule has 0 aliphatic heterocycles. The summed E-state index contributed by atoms with van der Waals surface area (Å²) in [6, 6.07) is 0. The zero-order chi connectivity index (χ0) is 11.5. The molecule has 0 spiro atoms. The van der Waals surface area contributed by atoms with Gasteiger partial charge in [-0.3, -0.25) is 0 Å². The van der Waals surface area contributed by atoms with Crippen LogP contribution in [0.3, 0.4) is 0 Å². The summed E-state index contributed by atoms with van der Waals surface area (Å²) in [5.74, 6) is 0. The second-order valence-corrected chi connectivity index (χ2v) is 2.78. The van der Waals surface area contributed by atoms with Crippen molar-refractivity contribution in [2.45, 2.75) is 26.4 Å². The van der Waals surface area contributed by atoms with E-state index in [1.165, 1.54) is 21.5 Å². The van der Waals surface area contributed by atoms with Crippen LogP contribution in [0.4, 0.5) is 0 Å². The van der Waals surface area contributed by atoms with Crippen molar-refractivity contribution in [3.05, 3.63) is 0 Å². The average molecular weight is 221 g/mol. The van der Waals surface area contributed by atoms with E-state index >= 15 is 0 Å². The van der Waals surface area contributed by atoms with E-state index in [9.17, 15) is 0 Å². The Balaban J connectivity index is 2.93. The maximum atomic E-state index is 8.72. The fourth-order valence-corrected chi connectivity index (χ4v) is 0.678. The Hall–Kier alpha value is -0.175. The Bertz CT molecular complexity index is 118. The van der Waals surface area contributed by atoms with Crippen LogP contribution in [0.15, 0.2) is 0 Å². The summed E-state index contributed by atoms with van der Waals surface area (Å²) in [4.78, 5) is 0. The molecule has 0 rings (SSSR count). The van der Waals surface area contributed by atoms with E-state index in [0.717, 1.165) is 0 Å². The molecule has 7 heteroatoms. The molecule has 2 atom stereocenters. The first-order chi connectivity index (χ1) is 7.13. The fraction of sp³-hybridized carbons (Fsp3) is 1.00. The summed E-state index contributed by atoms with van der Waals surface area (Å²) < 4.78 is 19.4. The topological polar surface area (TPSA) is 77.4 Å². The van der Waals surface area contributed by atoms with Gasteiger partial charge in [-0.1, -0.05) is 0 Å². The van der Waals surface area contributed by atoms with Crippen LogP contribution in [-0.2, 0) is 18.8 Å². The average Bonchev–Trinajstić information content (AvgIpc) is 2.14. The Morgan fingerprint density at radius 2 is 1.27 bits per heavy atom. The van der Waals surface area contributed by atoms with Crippen molar-refractivity contribution in [3.8, 4) is 0 Å². The van der Waals surface area contributed by atoms with Crippen LogP contribution in [0.5, 0.6) is 0 Å². The van der Waals surface area contributed by atoms with Crippen molar-refractivity contribution >= 4 is 7.69 Å². The molecule has 0 saturated heterocycles. The third-order valence-electron chi connectivity index (χ3n) is 1.26. The molecule has 0 aliphatic carbocycles. The number of ether oxygens (including phenoxy) is 2. The molecule has 0 aromatic rings. The van der Waals surface area contributed by atoms with Crippen molar-refractivity contribution < 1.29 is 29.0 Å². The molecule has 0 amide bonds. The molecule has 0 bridgehead atoms. The summed E-state index contributed by atoms with van der Waals surface area (Å²) in [6.45, 7) is 4.24. The lowest BCUT2D eigenvalue weighted by molar-refractivity contribution is -0.0956. The summed E-state index contributed by atoms with van der Waals surface area (Å²) in [6.07, 6.45) is -1.57. The minimum Gasteiger partial charge on any atom is -0.411 e. The molecule has 0 aliphatic rings. The van der Waals surface area contributed by atoms with E-state index in [0.29, 0.717) is 26.4 Å². The second kappa shape index (κ2) is 10.3. The predicted molar refractivity (Wildman–Crippen MR) is 52.9 cm³/mol. The SMILES string of the molecule is CC(O)OCCO[B]OCCOC(C)O. The van der Waals surface area contributed by atoms with Crippen LogP contribution < -0.4 is 0 Å². The number of aliphatic hydroxyl groups is 2. The third-order valence-corrected chi connectivity index (χ3v) is 1.26. The molecule has 0 aromatic heterocycles. The van der Waals surface area contributed by atoms with E-state index in [1.54, 1.807) is 0 Å². The minimum absolute atomic E-state index is 0.293. The van der Waals surface area contributed by atoms with Gasteiger partial charge in [0, 0.05) is 0 Å². The van der Waals surface area contributed by atoms with Gasteiger partial charge in [0.15, 0.2) is 12.6 Å². The quantitative estimate of drug-likeness (QED) is 0.287. The first-order valence-electron chi connectivity index (χ1n) is 4.77. The van der Waals surface area contributed by atoms with Gasteiger partial charge in [-0.05, 0) is 13.8 Å². The monoisotopic (exact) mass is 221 g/mol. The van der Waals surface area contributed by atoms with E-state index < -0.39 is 12.6 Å². The molecule has 0 aromatic carbocycles. The van der Waals surface area contributed by atoms with Gasteiger partial charge in [0.05, 0.1) is 26.4 Å². The highest BCUT2D eigenvalue weighted by Crippen LogP contribution is 1.86. The predicted octanol–water partition coefficient (Wildman–Crippen LogP) is -0.736. The molecule has 1 radical (unpaired) electrons. The minimum atomic E-state index is -0.783. The number of hydrogen-bond acceptors (Lipinski definition) is 6. The van der Waals surface area contributed by atoms with Crippen molar-refractivity contribution in [3.63, 3.8) is 0 Å². The lowest BCUT2D eigenvalue weighted by Gasteiger charge is -2.08. The molecular weight excluding hydrogens is 203 g/mol. The molecule has 15 heavy (non-hydrogen) atoms. The second-order valence-electron chi connectivity index (χ2n) is 2.78. The number of rotatable bonds is 10. The molecule has 2 N–H and O–H groups in total. The first kappa shape index (κ1) is 14.8. The van der Waals surface area contributed by atoms with Crippen LogP contribution in [-0.4, -0.2) is 56.9 Å². The van der Waals surface area contributed by atoms with Gasteiger partial charge in [0.1, 0.15) is 0 Å².